The van der Waals surface area contributed by atoms with Gasteiger partial charge in [0.2, 0.25) is 0 Å². The second-order valence-corrected chi connectivity index (χ2v) is 14.6. The fourth-order valence-corrected chi connectivity index (χ4v) is 6.49. The summed E-state index contributed by atoms with van der Waals surface area (Å²) in [6, 6.07) is 16.6. The number of likely N-dealkylation sites (N-methyl/N-ethyl adjacent to an activating group) is 1. The van der Waals surface area contributed by atoms with E-state index >= 15 is 0 Å². The molecule has 3 aromatic rings. The molecule has 3 aromatic carbocycles. The van der Waals surface area contributed by atoms with Crippen molar-refractivity contribution in [2.24, 2.45) is 31.9 Å². The minimum absolute atomic E-state index is 0.0473. The van der Waals surface area contributed by atoms with Crippen molar-refractivity contribution in [3.05, 3.63) is 70.8 Å². The normalized spacial score (nSPS) is 11.4. The van der Waals surface area contributed by atoms with Crippen LogP contribution in [0.15, 0.2) is 81.1 Å². The van der Waals surface area contributed by atoms with E-state index in [4.69, 9.17) is 25.7 Å². The molecule has 0 amide bonds. The zero-order valence-corrected chi connectivity index (χ0v) is 35.5. The van der Waals surface area contributed by atoms with Gasteiger partial charge in [0.05, 0.1) is 22.8 Å². The number of carbonyl (C=O) groups excluding carboxylic acids is 1. The Hall–Kier alpha value is -4.95. The average Bonchev–Trinajstić information content (AvgIpc) is 3.25. The molecule has 0 aromatic heterocycles. The summed E-state index contributed by atoms with van der Waals surface area (Å²) in [5.74, 6) is 0.596. The SMILES string of the molecule is CCCCCCCCCCCCCCCCCCC(=O)OCCN(CC)c1ccc(N=Nc2cc(OCCN)c(/N=N/c3ccc([N+](=O)[O-])cc3)cc2OCCN)cc1. The van der Waals surface area contributed by atoms with Gasteiger partial charge in [-0.3, -0.25) is 14.9 Å². The number of nitro benzene ring substituents is 1. The minimum Gasteiger partial charge on any atom is -0.490 e. The Morgan fingerprint density at radius 2 is 1.07 bits per heavy atom. The molecule has 14 nitrogen and oxygen atoms in total. The van der Waals surface area contributed by atoms with Gasteiger partial charge < -0.3 is 30.6 Å². The number of nitrogens with two attached hydrogens (primary N) is 2. The largest absolute Gasteiger partial charge is 0.490 e. The van der Waals surface area contributed by atoms with Crippen LogP contribution in [0.25, 0.3) is 0 Å². The molecule has 0 saturated heterocycles. The van der Waals surface area contributed by atoms with Crippen LogP contribution in [0.5, 0.6) is 11.5 Å². The zero-order chi connectivity index (χ0) is 42.3. The van der Waals surface area contributed by atoms with E-state index in [1.54, 1.807) is 12.1 Å². The second-order valence-electron chi connectivity index (χ2n) is 14.6. The van der Waals surface area contributed by atoms with Gasteiger partial charge in [0, 0.05) is 56.0 Å². The van der Waals surface area contributed by atoms with Gasteiger partial charge in [0.15, 0.2) is 0 Å². The van der Waals surface area contributed by atoms with Gasteiger partial charge in [-0.25, -0.2) is 0 Å². The number of non-ortho nitro benzene ring substituents is 1. The Kier molecular flexibility index (Phi) is 24.7. The quantitative estimate of drug-likeness (QED) is 0.0198. The summed E-state index contributed by atoms with van der Waals surface area (Å²) in [4.78, 5) is 25.1. The van der Waals surface area contributed by atoms with Crippen molar-refractivity contribution in [1.82, 2.24) is 0 Å². The van der Waals surface area contributed by atoms with Crippen LogP contribution < -0.4 is 25.8 Å². The Balaban J connectivity index is 1.43. The Morgan fingerprint density at radius 3 is 1.49 bits per heavy atom. The predicted octanol–water partition coefficient (Wildman–Crippen LogP) is 12.1. The van der Waals surface area contributed by atoms with Crippen molar-refractivity contribution in [1.29, 1.82) is 0 Å². The second kappa shape index (κ2) is 30.1. The van der Waals surface area contributed by atoms with Crippen LogP contribution in [0.3, 0.4) is 0 Å². The van der Waals surface area contributed by atoms with E-state index in [0.29, 0.717) is 53.8 Å². The standard InChI is InChI=1S/C45H68N8O6/c1-3-5-6-7-8-9-10-11-12-13-14-15-16-17-18-19-20-45(54)59-34-31-52(4-2)39-25-21-37(22-26-39)48-50-41-35-44(58-33-30-47)42(36-43(41)57-32-29-46)51-49-38-23-27-40(28-24-38)53(55)56/h21-28,35-36H,3-20,29-34,46-47H2,1-2H3/b50-48?,51-49+. The summed E-state index contributed by atoms with van der Waals surface area (Å²) in [5, 5.41) is 28.4. The highest BCUT2D eigenvalue weighted by molar-refractivity contribution is 5.69. The first-order valence-corrected chi connectivity index (χ1v) is 21.8. The summed E-state index contributed by atoms with van der Waals surface area (Å²) in [6.07, 6.45) is 21.4. The molecule has 3 rings (SSSR count). The number of azo groups is 2. The molecule has 0 unspecified atom stereocenters. The molecule has 14 heteroatoms. The van der Waals surface area contributed by atoms with Crippen molar-refractivity contribution in [2.75, 3.05) is 50.9 Å². The fourth-order valence-electron chi connectivity index (χ4n) is 6.49. The number of anilines is 1. The Bertz CT molecular complexity index is 1670. The third-order valence-electron chi connectivity index (χ3n) is 9.85. The molecule has 0 aliphatic heterocycles. The maximum Gasteiger partial charge on any atom is 0.305 e. The number of nitrogens with zero attached hydrogens (tertiary/aromatic N) is 6. The minimum atomic E-state index is -0.480. The van der Waals surface area contributed by atoms with Gasteiger partial charge in [-0.05, 0) is 49.7 Å². The molecule has 0 spiro atoms. The summed E-state index contributed by atoms with van der Waals surface area (Å²) < 4.78 is 17.3. The molecular formula is C45H68N8O6. The summed E-state index contributed by atoms with van der Waals surface area (Å²) in [6.45, 7) is 6.98. The Labute approximate surface area is 351 Å². The molecule has 324 valence electrons. The smallest absolute Gasteiger partial charge is 0.305 e. The maximum atomic E-state index is 12.4. The number of hydrogen-bond acceptors (Lipinski definition) is 13. The molecular weight excluding hydrogens is 749 g/mol. The molecule has 0 atom stereocenters. The van der Waals surface area contributed by atoms with Gasteiger partial charge in [0.25, 0.3) is 5.69 Å². The maximum absolute atomic E-state index is 12.4. The van der Waals surface area contributed by atoms with Crippen LogP contribution in [0.4, 0.5) is 34.1 Å². The lowest BCUT2D eigenvalue weighted by atomic mass is 10.0. The molecule has 59 heavy (non-hydrogen) atoms. The van der Waals surface area contributed by atoms with Gasteiger partial charge >= 0.3 is 5.97 Å². The highest BCUT2D eigenvalue weighted by Crippen LogP contribution is 2.41. The van der Waals surface area contributed by atoms with Gasteiger partial charge in [0.1, 0.15) is 42.7 Å². The number of nitro groups is 1. The monoisotopic (exact) mass is 817 g/mol. The molecule has 0 bridgehead atoms. The number of benzene rings is 3. The summed E-state index contributed by atoms with van der Waals surface area (Å²) >= 11 is 0. The number of rotatable bonds is 33. The first kappa shape index (κ1) is 48.4. The van der Waals surface area contributed by atoms with Crippen LogP contribution in [0, 0.1) is 10.1 Å². The van der Waals surface area contributed by atoms with E-state index in [9.17, 15) is 14.9 Å². The molecule has 0 heterocycles. The van der Waals surface area contributed by atoms with Gasteiger partial charge in [-0.2, -0.15) is 10.2 Å². The third kappa shape index (κ3) is 20.0. The Morgan fingerprint density at radius 1 is 0.627 bits per heavy atom. The van der Waals surface area contributed by atoms with E-state index in [1.165, 1.54) is 114 Å². The zero-order valence-electron chi connectivity index (χ0n) is 35.5. The summed E-state index contributed by atoms with van der Waals surface area (Å²) in [5.41, 5.74) is 14.1. The van der Waals surface area contributed by atoms with Crippen LogP contribution in [0.2, 0.25) is 0 Å². The molecule has 0 fully saturated rings. The van der Waals surface area contributed by atoms with Crippen molar-refractivity contribution in [3.8, 4) is 11.5 Å². The number of hydrogen-bond donors (Lipinski definition) is 2. The first-order valence-electron chi connectivity index (χ1n) is 21.8. The lowest BCUT2D eigenvalue weighted by Crippen LogP contribution is -2.27. The highest BCUT2D eigenvalue weighted by Gasteiger charge is 2.14. The van der Waals surface area contributed by atoms with E-state index in [2.05, 4.69) is 39.2 Å². The third-order valence-corrected chi connectivity index (χ3v) is 9.85. The molecule has 0 radical (unpaired) electrons. The van der Waals surface area contributed by atoms with E-state index in [0.717, 1.165) is 25.1 Å². The number of esters is 1. The summed E-state index contributed by atoms with van der Waals surface area (Å²) in [7, 11) is 0. The van der Waals surface area contributed by atoms with Crippen molar-refractivity contribution in [3.63, 3.8) is 0 Å². The number of carbonyl (C=O) groups is 1. The predicted molar refractivity (Wildman–Crippen MR) is 236 cm³/mol. The molecule has 4 N–H and O–H groups in total. The lowest BCUT2D eigenvalue weighted by molar-refractivity contribution is -0.384. The van der Waals surface area contributed by atoms with E-state index < -0.39 is 4.92 Å². The van der Waals surface area contributed by atoms with Crippen LogP contribution in [-0.2, 0) is 9.53 Å². The molecule has 0 saturated carbocycles. The van der Waals surface area contributed by atoms with E-state index in [1.807, 2.05) is 24.3 Å². The van der Waals surface area contributed by atoms with Crippen LogP contribution >= 0.6 is 0 Å². The number of unbranched alkanes of at least 4 members (excludes halogenated alkanes) is 15. The average molecular weight is 817 g/mol. The van der Waals surface area contributed by atoms with Crippen molar-refractivity contribution >= 4 is 40.1 Å². The van der Waals surface area contributed by atoms with Crippen LogP contribution in [0.1, 0.15) is 123 Å². The lowest BCUT2D eigenvalue weighted by Gasteiger charge is -2.23. The van der Waals surface area contributed by atoms with Gasteiger partial charge in [-0.15, -0.1) is 10.2 Å². The van der Waals surface area contributed by atoms with E-state index in [-0.39, 0.29) is 38.0 Å². The van der Waals surface area contributed by atoms with Crippen molar-refractivity contribution in [2.45, 2.75) is 123 Å². The van der Waals surface area contributed by atoms with Crippen LogP contribution in [-0.4, -0.2) is 56.9 Å². The fraction of sp³-hybridized carbons (Fsp3) is 0.578. The molecule has 0 aliphatic rings. The first-order chi connectivity index (χ1) is 28.9. The topological polar surface area (TPSA) is 193 Å². The highest BCUT2D eigenvalue weighted by atomic mass is 16.6. The van der Waals surface area contributed by atoms with Crippen molar-refractivity contribution < 1.29 is 23.9 Å². The molecule has 0 aliphatic carbocycles. The number of ether oxygens (including phenoxy) is 3. The van der Waals surface area contributed by atoms with Gasteiger partial charge in [-0.1, -0.05) is 103 Å².